The molecule has 0 aromatic carbocycles. The Morgan fingerprint density at radius 2 is 2.23 bits per heavy atom. The number of hydrogen-bond donors (Lipinski definition) is 0. The number of nitrogens with zero attached hydrogens (tertiary/aromatic N) is 1. The number of hydrogen-bond acceptors (Lipinski definition) is 2. The molecule has 13 heavy (non-hydrogen) atoms. The summed E-state index contributed by atoms with van der Waals surface area (Å²) >= 11 is 11.3. The molecule has 68 valence electrons. The molecule has 0 saturated carbocycles. The van der Waals surface area contributed by atoms with Crippen molar-refractivity contribution in [3.05, 3.63) is 34.1 Å². The van der Waals surface area contributed by atoms with Crippen molar-refractivity contribution in [1.82, 2.24) is 4.98 Å². The van der Waals surface area contributed by atoms with Crippen molar-refractivity contribution < 1.29 is 4.79 Å². The fourth-order valence-corrected chi connectivity index (χ4v) is 1.06. The number of carbonyl (C=O) groups is 1. The fourth-order valence-electron chi connectivity index (χ4n) is 0.787. The van der Waals surface area contributed by atoms with Crippen molar-refractivity contribution in [2.24, 2.45) is 0 Å². The van der Waals surface area contributed by atoms with Crippen LogP contribution in [0.4, 0.5) is 0 Å². The summed E-state index contributed by atoms with van der Waals surface area (Å²) in [6.07, 6.45) is 6.30. The highest BCUT2D eigenvalue weighted by atomic mass is 35.5. The third kappa shape index (κ3) is 3.17. The van der Waals surface area contributed by atoms with Crippen LogP contribution in [0.2, 0.25) is 10.2 Å². The van der Waals surface area contributed by atoms with E-state index in [2.05, 4.69) is 4.98 Å². The molecule has 2 nitrogen and oxygen atoms in total. The molecule has 1 aromatic rings. The minimum atomic E-state index is 0.286. The van der Waals surface area contributed by atoms with Gasteiger partial charge in [-0.1, -0.05) is 35.4 Å². The molecule has 1 heterocycles. The summed E-state index contributed by atoms with van der Waals surface area (Å²) in [6.45, 7) is 0. The molecule has 4 heteroatoms. The van der Waals surface area contributed by atoms with E-state index >= 15 is 0 Å². The second-order valence-electron chi connectivity index (χ2n) is 2.35. The third-order valence-corrected chi connectivity index (χ3v) is 2.05. The normalized spacial score (nSPS) is 10.6. The quantitative estimate of drug-likeness (QED) is 0.574. The molecular formula is C9H7Cl2NO. The van der Waals surface area contributed by atoms with E-state index in [4.69, 9.17) is 23.2 Å². The lowest BCUT2D eigenvalue weighted by molar-refractivity contribution is -0.107. The van der Waals surface area contributed by atoms with E-state index in [1.165, 1.54) is 0 Å². The van der Waals surface area contributed by atoms with Crippen LogP contribution < -0.4 is 0 Å². The van der Waals surface area contributed by atoms with Crippen LogP contribution in [0.15, 0.2) is 18.3 Å². The number of halogens is 2. The van der Waals surface area contributed by atoms with Gasteiger partial charge in [-0.15, -0.1) is 0 Å². The molecule has 0 aliphatic rings. The van der Waals surface area contributed by atoms with Crippen LogP contribution in [0.1, 0.15) is 12.0 Å². The van der Waals surface area contributed by atoms with E-state index in [-0.39, 0.29) is 5.15 Å². The van der Waals surface area contributed by atoms with E-state index in [0.717, 1.165) is 11.8 Å². The molecular weight excluding hydrogens is 209 g/mol. The summed E-state index contributed by atoms with van der Waals surface area (Å²) < 4.78 is 0. The van der Waals surface area contributed by atoms with Gasteiger partial charge in [-0.25, -0.2) is 4.98 Å². The van der Waals surface area contributed by atoms with E-state index in [0.29, 0.717) is 11.4 Å². The van der Waals surface area contributed by atoms with Gasteiger partial charge in [0.25, 0.3) is 0 Å². The summed E-state index contributed by atoms with van der Waals surface area (Å²) in [5.74, 6) is 0. The first-order valence-electron chi connectivity index (χ1n) is 3.65. The topological polar surface area (TPSA) is 30.0 Å². The Labute approximate surface area is 86.2 Å². The Morgan fingerprint density at radius 3 is 2.85 bits per heavy atom. The molecule has 0 unspecified atom stereocenters. The van der Waals surface area contributed by atoms with Crippen LogP contribution in [0.25, 0.3) is 6.08 Å². The zero-order chi connectivity index (χ0) is 9.68. The van der Waals surface area contributed by atoms with Gasteiger partial charge in [0.05, 0.1) is 5.02 Å². The van der Waals surface area contributed by atoms with Gasteiger partial charge < -0.3 is 4.79 Å². The molecule has 1 aromatic heterocycles. The zero-order valence-corrected chi connectivity index (χ0v) is 8.22. The van der Waals surface area contributed by atoms with Crippen molar-refractivity contribution in [2.75, 3.05) is 0 Å². The minimum absolute atomic E-state index is 0.286. The Morgan fingerprint density at radius 1 is 1.46 bits per heavy atom. The average Bonchev–Trinajstić information content (AvgIpc) is 2.12. The Balaban J connectivity index is 2.79. The predicted octanol–water partition coefficient (Wildman–Crippen LogP) is 2.99. The highest BCUT2D eigenvalue weighted by molar-refractivity contribution is 6.41. The van der Waals surface area contributed by atoms with Crippen molar-refractivity contribution in [1.29, 1.82) is 0 Å². The molecule has 0 amide bonds. The van der Waals surface area contributed by atoms with Crippen molar-refractivity contribution in [3.8, 4) is 0 Å². The Kier molecular flexibility index (Phi) is 3.93. The molecule has 0 saturated heterocycles. The zero-order valence-electron chi connectivity index (χ0n) is 6.71. The monoisotopic (exact) mass is 215 g/mol. The number of aromatic nitrogens is 1. The van der Waals surface area contributed by atoms with E-state index in [9.17, 15) is 4.79 Å². The van der Waals surface area contributed by atoms with Crippen LogP contribution in [-0.4, -0.2) is 11.3 Å². The molecule has 0 aliphatic heterocycles. The van der Waals surface area contributed by atoms with Crippen LogP contribution in [-0.2, 0) is 4.79 Å². The van der Waals surface area contributed by atoms with Gasteiger partial charge in [0.1, 0.15) is 11.4 Å². The SMILES string of the molecule is O=CCC=Cc1cnc(Cl)c(Cl)c1. The van der Waals surface area contributed by atoms with Crippen LogP contribution in [0.3, 0.4) is 0 Å². The van der Waals surface area contributed by atoms with E-state index in [1.807, 2.05) is 0 Å². The Bertz CT molecular complexity index is 336. The molecule has 0 spiro atoms. The first-order valence-corrected chi connectivity index (χ1v) is 4.41. The van der Waals surface area contributed by atoms with Gasteiger partial charge in [-0.3, -0.25) is 0 Å². The third-order valence-electron chi connectivity index (χ3n) is 1.36. The fraction of sp³-hybridized carbons (Fsp3) is 0.111. The summed E-state index contributed by atoms with van der Waals surface area (Å²) in [5, 5.41) is 0.698. The predicted molar refractivity (Wildman–Crippen MR) is 54.0 cm³/mol. The van der Waals surface area contributed by atoms with Crippen molar-refractivity contribution in [2.45, 2.75) is 6.42 Å². The summed E-state index contributed by atoms with van der Waals surface area (Å²) in [7, 11) is 0. The number of pyridine rings is 1. The molecule has 0 aliphatic carbocycles. The molecule has 0 fully saturated rings. The lowest BCUT2D eigenvalue weighted by Crippen LogP contribution is -1.79. The molecule has 1 rings (SSSR count). The number of carbonyl (C=O) groups excluding carboxylic acids is 1. The van der Waals surface area contributed by atoms with Gasteiger partial charge in [0, 0.05) is 12.6 Å². The van der Waals surface area contributed by atoms with Gasteiger partial charge in [0.2, 0.25) is 0 Å². The molecule has 0 N–H and O–H groups in total. The van der Waals surface area contributed by atoms with Crippen molar-refractivity contribution >= 4 is 35.6 Å². The number of allylic oxidation sites excluding steroid dienone is 1. The number of aldehydes is 1. The first kappa shape index (κ1) is 10.2. The standard InChI is InChI=1S/C9H7Cl2NO/c10-8-5-7(3-1-2-4-13)6-12-9(8)11/h1,3-6H,2H2. The second kappa shape index (κ2) is 5.00. The maximum absolute atomic E-state index is 10.0. The molecule has 0 radical (unpaired) electrons. The lowest BCUT2D eigenvalue weighted by Gasteiger charge is -1.95. The summed E-state index contributed by atoms with van der Waals surface area (Å²) in [5.41, 5.74) is 0.830. The summed E-state index contributed by atoms with van der Waals surface area (Å²) in [4.78, 5) is 13.9. The van der Waals surface area contributed by atoms with E-state index < -0.39 is 0 Å². The van der Waals surface area contributed by atoms with Gasteiger partial charge in [0.15, 0.2) is 0 Å². The van der Waals surface area contributed by atoms with Gasteiger partial charge in [-0.05, 0) is 11.6 Å². The van der Waals surface area contributed by atoms with Gasteiger partial charge >= 0.3 is 0 Å². The first-order chi connectivity index (χ1) is 6.24. The molecule has 0 bridgehead atoms. The maximum Gasteiger partial charge on any atom is 0.147 e. The molecule has 0 atom stereocenters. The highest BCUT2D eigenvalue weighted by Crippen LogP contribution is 2.20. The minimum Gasteiger partial charge on any atom is -0.303 e. The lowest BCUT2D eigenvalue weighted by atomic mass is 10.2. The summed E-state index contributed by atoms with van der Waals surface area (Å²) in [6, 6.07) is 1.69. The average molecular weight is 216 g/mol. The van der Waals surface area contributed by atoms with Gasteiger partial charge in [-0.2, -0.15) is 0 Å². The van der Waals surface area contributed by atoms with Crippen LogP contribution >= 0.6 is 23.2 Å². The Hall–Kier alpha value is -0.860. The second-order valence-corrected chi connectivity index (χ2v) is 3.11. The largest absolute Gasteiger partial charge is 0.303 e. The van der Waals surface area contributed by atoms with Crippen LogP contribution in [0, 0.1) is 0 Å². The van der Waals surface area contributed by atoms with Crippen LogP contribution in [0.5, 0.6) is 0 Å². The highest BCUT2D eigenvalue weighted by Gasteiger charge is 1.97. The maximum atomic E-state index is 10.0. The van der Waals surface area contributed by atoms with Crippen molar-refractivity contribution in [3.63, 3.8) is 0 Å². The number of rotatable bonds is 3. The smallest absolute Gasteiger partial charge is 0.147 e. The van der Waals surface area contributed by atoms with E-state index in [1.54, 1.807) is 24.4 Å².